The van der Waals surface area contributed by atoms with Gasteiger partial charge in [0.05, 0.1) is 13.2 Å². The highest BCUT2D eigenvalue weighted by Gasteiger charge is 2.18. The predicted molar refractivity (Wildman–Crippen MR) is 98.9 cm³/mol. The molecule has 0 heterocycles. The maximum Gasteiger partial charge on any atom is 0.379 e. The summed E-state index contributed by atoms with van der Waals surface area (Å²) in [6.45, 7) is 3.56. The van der Waals surface area contributed by atoms with Gasteiger partial charge in [-0.2, -0.15) is 0 Å². The lowest BCUT2D eigenvalue weighted by Crippen LogP contribution is -2.17. The number of carbonyl (C=O) groups excluding carboxylic acids is 4. The summed E-state index contributed by atoms with van der Waals surface area (Å²) >= 11 is 1.41. The molecule has 0 saturated heterocycles. The summed E-state index contributed by atoms with van der Waals surface area (Å²) in [6, 6.07) is 13.1. The lowest BCUT2D eigenvalue weighted by Gasteiger charge is -2.05. The number of benzene rings is 2. The molecule has 7 heteroatoms. The SMILES string of the molecule is CCOC(=O)C(=O)c1ccc(Sc2ccc(C(=O)C(=O)OCC)cc2)cc1. The molecule has 2 rings (SSSR count). The number of ether oxygens (including phenoxy) is 2. The molecule has 0 unspecified atom stereocenters. The molecule has 27 heavy (non-hydrogen) atoms. The van der Waals surface area contributed by atoms with Crippen molar-refractivity contribution in [1.82, 2.24) is 0 Å². The first-order chi connectivity index (χ1) is 13.0. The Morgan fingerprint density at radius 1 is 0.667 bits per heavy atom. The van der Waals surface area contributed by atoms with Gasteiger partial charge in [-0.15, -0.1) is 0 Å². The van der Waals surface area contributed by atoms with E-state index in [2.05, 4.69) is 0 Å². The minimum atomic E-state index is -0.875. The standard InChI is InChI=1S/C20H18O6S/c1-3-25-19(23)17(21)13-5-9-15(10-6-13)27-16-11-7-14(8-12-16)18(22)20(24)26-4-2/h5-12H,3-4H2,1-2H3. The molecular formula is C20H18O6S. The number of ketones is 2. The summed E-state index contributed by atoms with van der Waals surface area (Å²) in [5, 5.41) is 0. The molecule has 0 aromatic heterocycles. The van der Waals surface area contributed by atoms with Crippen LogP contribution >= 0.6 is 11.8 Å². The van der Waals surface area contributed by atoms with Gasteiger partial charge < -0.3 is 9.47 Å². The second kappa shape index (κ2) is 9.68. The van der Waals surface area contributed by atoms with Crippen LogP contribution in [0.3, 0.4) is 0 Å². The minimum Gasteiger partial charge on any atom is -0.460 e. The molecule has 2 aromatic carbocycles. The smallest absolute Gasteiger partial charge is 0.379 e. The highest BCUT2D eigenvalue weighted by atomic mass is 32.2. The van der Waals surface area contributed by atoms with E-state index in [0.29, 0.717) is 0 Å². The van der Waals surface area contributed by atoms with E-state index in [-0.39, 0.29) is 24.3 Å². The molecule has 0 aliphatic carbocycles. The third-order valence-electron chi connectivity index (χ3n) is 3.39. The van der Waals surface area contributed by atoms with Crippen LogP contribution in [0.5, 0.6) is 0 Å². The summed E-state index contributed by atoms with van der Waals surface area (Å²) in [5.41, 5.74) is 0.515. The van der Waals surface area contributed by atoms with E-state index in [4.69, 9.17) is 9.47 Å². The Hall–Kier alpha value is -2.93. The van der Waals surface area contributed by atoms with Gasteiger partial charge in [0.25, 0.3) is 11.6 Å². The molecular weight excluding hydrogens is 368 g/mol. The molecule has 0 saturated carbocycles. The third kappa shape index (κ3) is 5.52. The first-order valence-corrected chi connectivity index (χ1v) is 9.08. The number of rotatable bonds is 8. The summed E-state index contributed by atoms with van der Waals surface area (Å²) in [6.07, 6.45) is 0. The van der Waals surface area contributed by atoms with Crippen LogP contribution in [0.15, 0.2) is 58.3 Å². The first kappa shape index (κ1) is 20.4. The van der Waals surface area contributed by atoms with Crippen LogP contribution in [0.1, 0.15) is 34.6 Å². The molecule has 0 amide bonds. The van der Waals surface area contributed by atoms with Gasteiger partial charge in [-0.05, 0) is 62.4 Å². The molecule has 0 fully saturated rings. The van der Waals surface area contributed by atoms with Crippen LogP contribution in [0.4, 0.5) is 0 Å². The normalized spacial score (nSPS) is 10.1. The van der Waals surface area contributed by atoms with Gasteiger partial charge in [-0.1, -0.05) is 11.8 Å². The fraction of sp³-hybridized carbons (Fsp3) is 0.200. The molecule has 2 aromatic rings. The van der Waals surface area contributed by atoms with Crippen LogP contribution in [-0.4, -0.2) is 36.7 Å². The Kier molecular flexibility index (Phi) is 7.31. The summed E-state index contributed by atoms with van der Waals surface area (Å²) in [5.74, 6) is -3.12. The maximum absolute atomic E-state index is 11.9. The Labute approximate surface area is 160 Å². The molecule has 0 bridgehead atoms. The van der Waals surface area contributed by atoms with Crippen LogP contribution in [0.25, 0.3) is 0 Å². The van der Waals surface area contributed by atoms with Crippen molar-refractivity contribution in [2.75, 3.05) is 13.2 Å². The second-order valence-corrected chi connectivity index (χ2v) is 6.40. The van der Waals surface area contributed by atoms with E-state index in [1.807, 2.05) is 0 Å². The van der Waals surface area contributed by atoms with Crippen molar-refractivity contribution in [3.8, 4) is 0 Å². The van der Waals surface area contributed by atoms with Crippen molar-refractivity contribution >= 4 is 35.3 Å². The topological polar surface area (TPSA) is 86.7 Å². The second-order valence-electron chi connectivity index (χ2n) is 5.25. The maximum atomic E-state index is 11.9. The molecule has 0 radical (unpaired) electrons. The molecule has 6 nitrogen and oxygen atoms in total. The first-order valence-electron chi connectivity index (χ1n) is 8.27. The highest BCUT2D eigenvalue weighted by Crippen LogP contribution is 2.28. The van der Waals surface area contributed by atoms with Crippen molar-refractivity contribution in [3.63, 3.8) is 0 Å². The van der Waals surface area contributed by atoms with Crippen LogP contribution in [0, 0.1) is 0 Å². The zero-order valence-corrected chi connectivity index (χ0v) is 15.7. The highest BCUT2D eigenvalue weighted by molar-refractivity contribution is 7.99. The Balaban J connectivity index is 2.03. The molecule has 0 aliphatic rings. The van der Waals surface area contributed by atoms with Crippen molar-refractivity contribution in [3.05, 3.63) is 59.7 Å². The Morgan fingerprint density at radius 3 is 1.30 bits per heavy atom. The number of carbonyl (C=O) groups is 4. The van der Waals surface area contributed by atoms with Gasteiger partial charge in [0.1, 0.15) is 0 Å². The predicted octanol–water partition coefficient (Wildman–Crippen LogP) is 3.33. The molecule has 0 spiro atoms. The monoisotopic (exact) mass is 386 g/mol. The van der Waals surface area contributed by atoms with Gasteiger partial charge in [0.2, 0.25) is 0 Å². The molecule has 0 N–H and O–H groups in total. The molecule has 0 aliphatic heterocycles. The number of esters is 2. The summed E-state index contributed by atoms with van der Waals surface area (Å²) in [4.78, 5) is 48.3. The number of hydrogen-bond acceptors (Lipinski definition) is 7. The third-order valence-corrected chi connectivity index (χ3v) is 4.41. The quantitative estimate of drug-likeness (QED) is 0.391. The zero-order chi connectivity index (χ0) is 19.8. The fourth-order valence-electron chi connectivity index (χ4n) is 2.11. The van der Waals surface area contributed by atoms with Crippen LogP contribution in [0.2, 0.25) is 0 Å². The number of Topliss-reactive ketones (excluding diaryl/α,β-unsaturated/α-hetero) is 2. The van der Waals surface area contributed by atoms with E-state index in [9.17, 15) is 19.2 Å². The summed E-state index contributed by atoms with van der Waals surface area (Å²) in [7, 11) is 0. The van der Waals surface area contributed by atoms with Crippen LogP contribution in [-0.2, 0) is 19.1 Å². The zero-order valence-electron chi connectivity index (χ0n) is 14.9. The van der Waals surface area contributed by atoms with Crippen LogP contribution < -0.4 is 0 Å². The average Bonchev–Trinajstić information content (AvgIpc) is 2.68. The van der Waals surface area contributed by atoms with Gasteiger partial charge in [-0.25, -0.2) is 9.59 Å². The Morgan fingerprint density at radius 2 is 1.00 bits per heavy atom. The van der Waals surface area contributed by atoms with E-state index in [0.717, 1.165) is 9.79 Å². The molecule has 140 valence electrons. The molecule has 0 atom stereocenters. The number of hydrogen-bond donors (Lipinski definition) is 0. The van der Waals surface area contributed by atoms with E-state index in [1.165, 1.54) is 11.8 Å². The largest absolute Gasteiger partial charge is 0.460 e. The van der Waals surface area contributed by atoms with Gasteiger partial charge in [0, 0.05) is 20.9 Å². The van der Waals surface area contributed by atoms with E-state index in [1.54, 1.807) is 62.4 Å². The lowest BCUT2D eigenvalue weighted by molar-refractivity contribution is -0.138. The minimum absolute atomic E-state index is 0.146. The fourth-order valence-corrected chi connectivity index (χ4v) is 2.93. The van der Waals surface area contributed by atoms with Gasteiger partial charge in [-0.3, -0.25) is 9.59 Å². The van der Waals surface area contributed by atoms with Crippen molar-refractivity contribution in [2.24, 2.45) is 0 Å². The van der Waals surface area contributed by atoms with E-state index >= 15 is 0 Å². The Bertz CT molecular complexity index is 768. The summed E-state index contributed by atoms with van der Waals surface area (Å²) < 4.78 is 9.38. The van der Waals surface area contributed by atoms with Gasteiger partial charge in [0.15, 0.2) is 0 Å². The van der Waals surface area contributed by atoms with Crippen molar-refractivity contribution < 1.29 is 28.7 Å². The van der Waals surface area contributed by atoms with Crippen molar-refractivity contribution in [2.45, 2.75) is 23.6 Å². The van der Waals surface area contributed by atoms with Crippen molar-refractivity contribution in [1.29, 1.82) is 0 Å². The average molecular weight is 386 g/mol. The van der Waals surface area contributed by atoms with Gasteiger partial charge >= 0.3 is 11.9 Å². The lowest BCUT2D eigenvalue weighted by atomic mass is 10.1. The van der Waals surface area contributed by atoms with E-state index < -0.39 is 23.5 Å².